The van der Waals surface area contributed by atoms with Crippen LogP contribution in [0.2, 0.25) is 0 Å². The number of nitrogens with zero attached hydrogens (tertiary/aromatic N) is 5. The lowest BCUT2D eigenvalue weighted by molar-refractivity contribution is -0.137. The Bertz CT molecular complexity index is 2620. The van der Waals surface area contributed by atoms with Gasteiger partial charge in [0.05, 0.1) is 27.5 Å². The normalized spacial score (nSPS) is 19.7. The predicted octanol–water partition coefficient (Wildman–Crippen LogP) is 9.34. The van der Waals surface area contributed by atoms with Crippen LogP contribution in [0.3, 0.4) is 0 Å². The third kappa shape index (κ3) is 6.94. The monoisotopic (exact) mass is 829 g/mol. The van der Waals surface area contributed by atoms with Crippen molar-refractivity contribution in [1.82, 2.24) is 20.4 Å². The largest absolute Gasteiger partial charge is 0.420 e. The summed E-state index contributed by atoms with van der Waals surface area (Å²) in [5.74, 6) is 0.335. The number of aromatic amines is 2. The number of anilines is 1. The summed E-state index contributed by atoms with van der Waals surface area (Å²) in [5.41, 5.74) is 18.4. The van der Waals surface area contributed by atoms with Crippen LogP contribution >= 0.6 is 0 Å². The van der Waals surface area contributed by atoms with Crippen LogP contribution < -0.4 is 25.8 Å². The molecule has 1 saturated heterocycles. The van der Waals surface area contributed by atoms with Gasteiger partial charge in [-0.1, -0.05) is 77.1 Å². The molecule has 2 atom stereocenters. The number of nitrogens with one attached hydrogen (secondary N) is 2. The minimum Gasteiger partial charge on any atom is -0.420 e. The number of rotatable bonds is 7. The van der Waals surface area contributed by atoms with Gasteiger partial charge in [-0.2, -0.15) is 23.7 Å². The van der Waals surface area contributed by atoms with Gasteiger partial charge in [0.1, 0.15) is 23.3 Å². The van der Waals surface area contributed by atoms with E-state index in [4.69, 9.17) is 20.9 Å². The van der Waals surface area contributed by atoms with Gasteiger partial charge in [0, 0.05) is 30.2 Å². The molecule has 5 heterocycles. The second-order valence-electron chi connectivity index (χ2n) is 16.5. The minimum absolute atomic E-state index is 0.0420. The summed E-state index contributed by atoms with van der Waals surface area (Å²) in [7, 11) is 0. The molecule has 0 radical (unpaired) electrons. The number of H-pyrrole nitrogens is 2. The summed E-state index contributed by atoms with van der Waals surface area (Å²) >= 11 is 0. The van der Waals surface area contributed by atoms with Crippen molar-refractivity contribution in [2.24, 2.45) is 23.3 Å². The smallest absolute Gasteiger partial charge is 0.416 e. The first-order chi connectivity index (χ1) is 29.0. The molecule has 61 heavy (non-hydrogen) atoms. The first kappa shape index (κ1) is 42.5. The van der Waals surface area contributed by atoms with E-state index in [2.05, 4.69) is 83.6 Å². The van der Waals surface area contributed by atoms with Crippen LogP contribution in [0.15, 0.2) is 89.6 Å². The number of benzene rings is 3. The number of hydrogen-bond donors (Lipinski definition) is 4. The number of allylic oxidation sites excluding steroid dienone is 2. The highest BCUT2D eigenvalue weighted by molar-refractivity contribution is 5.70. The van der Waals surface area contributed by atoms with E-state index in [1.165, 1.54) is 11.6 Å². The van der Waals surface area contributed by atoms with E-state index in [1.54, 1.807) is 13.0 Å². The summed E-state index contributed by atoms with van der Waals surface area (Å²) in [6.45, 7) is 15.2. The molecule has 1 fully saturated rings. The first-order valence-corrected chi connectivity index (χ1v) is 20.5. The molecule has 0 aliphatic carbocycles. The molecule has 3 aliphatic heterocycles. The Morgan fingerprint density at radius 3 is 1.72 bits per heavy atom. The van der Waals surface area contributed by atoms with Crippen LogP contribution in [0.5, 0.6) is 11.8 Å². The highest BCUT2D eigenvalue weighted by Gasteiger charge is 2.52. The number of nitriles is 2. The Balaban J connectivity index is 0.000000184. The van der Waals surface area contributed by atoms with Gasteiger partial charge in [0.15, 0.2) is 0 Å². The molecule has 8 rings (SSSR count). The van der Waals surface area contributed by atoms with Crippen LogP contribution in [-0.4, -0.2) is 33.5 Å². The van der Waals surface area contributed by atoms with Gasteiger partial charge in [-0.25, -0.2) is 0 Å². The third-order valence-corrected chi connectivity index (χ3v) is 12.4. The van der Waals surface area contributed by atoms with E-state index in [-0.39, 0.29) is 35.1 Å². The Kier molecular flexibility index (Phi) is 11.2. The lowest BCUT2D eigenvalue weighted by Gasteiger charge is -2.41. The van der Waals surface area contributed by atoms with E-state index in [9.17, 15) is 23.7 Å². The van der Waals surface area contributed by atoms with E-state index in [0.29, 0.717) is 47.1 Å². The molecular weight excluding hydrogens is 780 g/mol. The number of fused-ring (bicyclic) bond motifs is 2. The van der Waals surface area contributed by atoms with Gasteiger partial charge in [-0.3, -0.25) is 10.2 Å². The van der Waals surface area contributed by atoms with E-state index < -0.39 is 22.6 Å². The van der Waals surface area contributed by atoms with Crippen LogP contribution in [0, 0.1) is 48.3 Å². The average molecular weight is 830 g/mol. The summed E-state index contributed by atoms with van der Waals surface area (Å²) in [6.07, 6.45) is -1.80. The van der Waals surface area contributed by atoms with Crippen molar-refractivity contribution >= 4 is 5.69 Å². The van der Waals surface area contributed by atoms with Crippen molar-refractivity contribution in [1.29, 1.82) is 10.5 Å². The number of ether oxygens (including phenoxy) is 2. The van der Waals surface area contributed by atoms with Gasteiger partial charge in [-0.05, 0) is 97.0 Å². The van der Waals surface area contributed by atoms with Gasteiger partial charge in [-0.15, -0.1) is 10.2 Å². The van der Waals surface area contributed by atoms with E-state index in [1.807, 2.05) is 43.9 Å². The lowest BCUT2D eigenvalue weighted by atomic mass is 9.61. The van der Waals surface area contributed by atoms with Crippen molar-refractivity contribution in [3.63, 3.8) is 0 Å². The fourth-order valence-corrected chi connectivity index (χ4v) is 9.61. The average Bonchev–Trinajstić information content (AvgIpc) is 4.00. The zero-order valence-electron chi connectivity index (χ0n) is 35.4. The Morgan fingerprint density at radius 2 is 1.26 bits per heavy atom. The van der Waals surface area contributed by atoms with Gasteiger partial charge in [0.2, 0.25) is 23.5 Å². The number of nitrogens with two attached hydrogens (primary N) is 2. The summed E-state index contributed by atoms with van der Waals surface area (Å²) in [4.78, 5) is 1.95. The number of halogens is 3. The molecule has 11 nitrogen and oxygen atoms in total. The molecule has 0 saturated carbocycles. The Morgan fingerprint density at radius 1 is 0.754 bits per heavy atom. The molecule has 6 N–H and O–H groups in total. The minimum atomic E-state index is -4.54. The number of hydrogen-bond acceptors (Lipinski definition) is 9. The van der Waals surface area contributed by atoms with Crippen LogP contribution in [0.4, 0.5) is 18.9 Å². The fourth-order valence-electron chi connectivity index (χ4n) is 9.61. The second-order valence-corrected chi connectivity index (χ2v) is 16.5. The molecule has 2 aromatic heterocycles. The van der Waals surface area contributed by atoms with Crippen molar-refractivity contribution in [3.05, 3.63) is 134 Å². The Labute approximate surface area is 353 Å². The first-order valence-electron chi connectivity index (χ1n) is 20.5. The Hall–Kier alpha value is -6.67. The molecular formula is C47H50F3N9O2. The standard InChI is InChI=1S/C25H26N4O.C22H24F3N5O/c1-5-17-11-19(18-9-7-6-8-10-18)13-20(12-17)25(15(2)3)21(14-26)23(27)30-24-22(25)16(4)28-29-24;1-12(2)21(17(11-26)19(27)31-20-18(21)13(3)28-29-20)14-8-15(22(23,24)25)10-16(9-14)30-6-4-5-7-30/h6-13,15H,5,27H2,1-4H3,(H,28,29);8-10,12H,4-7,27H2,1-3H3,(H,28,29). The summed E-state index contributed by atoms with van der Waals surface area (Å²) in [5, 5.41) is 34.6. The second kappa shape index (κ2) is 16.1. The lowest BCUT2D eigenvalue weighted by Crippen LogP contribution is -2.41. The summed E-state index contributed by atoms with van der Waals surface area (Å²) in [6, 6.07) is 25.5. The maximum atomic E-state index is 13.9. The van der Waals surface area contributed by atoms with Crippen LogP contribution in [-0.2, 0) is 23.4 Å². The van der Waals surface area contributed by atoms with Gasteiger partial charge in [0.25, 0.3) is 0 Å². The predicted molar refractivity (Wildman–Crippen MR) is 227 cm³/mol. The van der Waals surface area contributed by atoms with Crippen molar-refractivity contribution < 1.29 is 22.6 Å². The zero-order chi connectivity index (χ0) is 44.0. The molecule has 0 amide bonds. The number of aryl methyl sites for hydroxylation is 3. The molecule has 3 aromatic carbocycles. The third-order valence-electron chi connectivity index (χ3n) is 12.4. The number of aromatic nitrogens is 4. The van der Waals surface area contributed by atoms with Crippen LogP contribution in [0.25, 0.3) is 11.1 Å². The highest BCUT2D eigenvalue weighted by atomic mass is 19.4. The van der Waals surface area contributed by atoms with Gasteiger partial charge >= 0.3 is 6.18 Å². The van der Waals surface area contributed by atoms with E-state index in [0.717, 1.165) is 53.3 Å². The van der Waals surface area contributed by atoms with Crippen molar-refractivity contribution in [3.8, 4) is 35.0 Å². The quantitative estimate of drug-likeness (QED) is 0.124. The van der Waals surface area contributed by atoms with Crippen molar-refractivity contribution in [2.75, 3.05) is 18.0 Å². The maximum Gasteiger partial charge on any atom is 0.416 e. The molecule has 14 heteroatoms. The van der Waals surface area contributed by atoms with E-state index >= 15 is 0 Å². The van der Waals surface area contributed by atoms with Crippen molar-refractivity contribution in [2.45, 2.75) is 84.7 Å². The van der Waals surface area contributed by atoms with Crippen LogP contribution in [0.1, 0.15) is 92.2 Å². The molecule has 0 spiro atoms. The summed E-state index contributed by atoms with van der Waals surface area (Å²) < 4.78 is 53.1. The number of alkyl halides is 3. The molecule has 3 aliphatic rings. The van der Waals surface area contributed by atoms with Gasteiger partial charge < -0.3 is 25.8 Å². The fraction of sp³-hybridized carbons (Fsp3) is 0.362. The molecule has 5 aromatic rings. The highest BCUT2D eigenvalue weighted by Crippen LogP contribution is 2.55. The topological polar surface area (TPSA) is 179 Å². The molecule has 2 unspecified atom stereocenters. The SMILES string of the molecule is CCc1cc(-c2ccccc2)cc(C2(C(C)C)C(C#N)=C(N)Oc3n[nH]c(C)c32)c1.Cc1[nH]nc2c1C(c1cc(N3CCCC3)cc(C(F)(F)F)c1)(C(C)C)C(C#N)=C(N)O2. The molecule has 0 bridgehead atoms. The maximum absolute atomic E-state index is 13.9. The molecule has 316 valence electrons. The zero-order valence-corrected chi connectivity index (χ0v) is 35.4.